The molecule has 3 aliphatic heterocycles. The minimum Gasteiger partial charge on any atom is -0.465 e. The Labute approximate surface area is 312 Å². The van der Waals surface area contributed by atoms with Crippen LogP contribution in [0.4, 0.5) is 9.18 Å². The van der Waals surface area contributed by atoms with E-state index in [4.69, 9.17) is 0 Å². The fourth-order valence-electron chi connectivity index (χ4n) is 8.13. The summed E-state index contributed by atoms with van der Waals surface area (Å²) in [6.45, 7) is 1.39. The van der Waals surface area contributed by atoms with Gasteiger partial charge in [0.05, 0.1) is 41.9 Å². The molecule has 0 bridgehead atoms. The topological polar surface area (TPSA) is 151 Å². The largest absolute Gasteiger partial charge is 0.465 e. The molecule has 12 nitrogen and oxygen atoms in total. The summed E-state index contributed by atoms with van der Waals surface area (Å²) in [6.07, 6.45) is 4.89. The van der Waals surface area contributed by atoms with Crippen molar-refractivity contribution < 1.29 is 23.9 Å². The molecule has 54 heavy (non-hydrogen) atoms. The maximum atomic E-state index is 13.9. The molecule has 3 aromatic carbocycles. The third-order valence-electron chi connectivity index (χ3n) is 11.0. The highest BCUT2D eigenvalue weighted by molar-refractivity contribution is 5.87. The summed E-state index contributed by atoms with van der Waals surface area (Å²) in [5, 5.41) is 12.8. The smallest absolute Gasteiger partial charge is 0.407 e. The van der Waals surface area contributed by atoms with E-state index < -0.39 is 24.3 Å². The summed E-state index contributed by atoms with van der Waals surface area (Å²) in [5.74, 6) is 1.11. The first-order valence-electron chi connectivity index (χ1n) is 18.6. The van der Waals surface area contributed by atoms with Crippen molar-refractivity contribution in [1.82, 2.24) is 40.0 Å². The second-order valence-electron chi connectivity index (χ2n) is 14.4. The minimum atomic E-state index is -1.17. The lowest BCUT2D eigenvalue weighted by Crippen LogP contribution is -2.43. The van der Waals surface area contributed by atoms with E-state index in [1.165, 1.54) is 7.05 Å². The van der Waals surface area contributed by atoms with Crippen LogP contribution in [-0.2, 0) is 9.59 Å². The molecule has 13 heteroatoms. The second-order valence-corrected chi connectivity index (χ2v) is 14.4. The number of hydrogen-bond acceptors (Lipinski definition) is 6. The monoisotopic (exact) mass is 730 g/mol. The number of halogens is 1. The molecule has 2 aromatic heterocycles. The standard InChI is InChI=1S/C41H43FN8O4/c1-48(41(53)54)36(29-7-3-2-4-8-29)40(52)50-20-6-10-35(50)38-45-24-33(47-38)28-17-13-26(14-18-28)25-11-15-27(16-12-25)32-23-44-37(46-32)34-9-5-19-49(34)39(51)31-21-30(42)22-43-31/h2-4,7-8,11-18,23-24,30-31,34-36,43H,5-6,9-10,19-22H2,1H3,(H,44,46)(H,45,47)(H,53,54)/t30-,31+,34-,35-,36+/m0/s1. The quantitative estimate of drug-likeness (QED) is 0.135. The molecule has 3 aliphatic rings. The van der Waals surface area contributed by atoms with Crippen LogP contribution in [0.2, 0.25) is 0 Å². The van der Waals surface area contributed by atoms with Gasteiger partial charge in [-0.05, 0) is 53.5 Å². The number of hydrogen-bond donors (Lipinski definition) is 4. The van der Waals surface area contributed by atoms with E-state index in [0.29, 0.717) is 24.5 Å². The number of imidazole rings is 2. The Morgan fingerprint density at radius 1 is 0.778 bits per heavy atom. The van der Waals surface area contributed by atoms with Crippen molar-refractivity contribution in [3.63, 3.8) is 0 Å². The first-order chi connectivity index (χ1) is 26.2. The zero-order valence-electron chi connectivity index (χ0n) is 30.0. The van der Waals surface area contributed by atoms with Gasteiger partial charge in [0, 0.05) is 33.1 Å². The van der Waals surface area contributed by atoms with Crippen LogP contribution in [-0.4, -0.2) is 96.5 Å². The highest BCUT2D eigenvalue weighted by Crippen LogP contribution is 2.36. The summed E-state index contributed by atoms with van der Waals surface area (Å²) in [5.41, 5.74) is 6.37. The van der Waals surface area contributed by atoms with Gasteiger partial charge in [-0.2, -0.15) is 0 Å². The van der Waals surface area contributed by atoms with Gasteiger partial charge in [-0.3, -0.25) is 14.5 Å². The van der Waals surface area contributed by atoms with Crippen LogP contribution in [0.1, 0.15) is 67.4 Å². The predicted octanol–water partition coefficient (Wildman–Crippen LogP) is 6.51. The number of carbonyl (C=O) groups is 3. The number of benzene rings is 3. The van der Waals surface area contributed by atoms with Gasteiger partial charge in [0.25, 0.3) is 5.91 Å². The van der Waals surface area contributed by atoms with E-state index in [2.05, 4.69) is 49.5 Å². The number of likely N-dealkylation sites (N-methyl/N-ethyl adjacent to an activating group) is 1. The summed E-state index contributed by atoms with van der Waals surface area (Å²) < 4.78 is 13.8. The van der Waals surface area contributed by atoms with E-state index in [1.807, 2.05) is 35.2 Å². The van der Waals surface area contributed by atoms with Crippen LogP contribution in [0, 0.1) is 0 Å². The highest BCUT2D eigenvalue weighted by atomic mass is 19.1. The summed E-state index contributed by atoms with van der Waals surface area (Å²) in [7, 11) is 1.43. The number of alkyl halides is 1. The highest BCUT2D eigenvalue weighted by Gasteiger charge is 2.40. The second kappa shape index (κ2) is 14.9. The maximum Gasteiger partial charge on any atom is 0.407 e. The van der Waals surface area contributed by atoms with Crippen molar-refractivity contribution in [2.45, 2.75) is 62.4 Å². The number of aromatic amines is 2. The lowest BCUT2D eigenvalue weighted by Gasteiger charge is -2.32. The molecule has 0 radical (unpaired) electrons. The lowest BCUT2D eigenvalue weighted by atomic mass is 10.0. The van der Waals surface area contributed by atoms with E-state index >= 15 is 0 Å². The number of rotatable bonds is 9. The molecule has 0 saturated carbocycles. The molecule has 4 N–H and O–H groups in total. The zero-order chi connectivity index (χ0) is 37.3. The van der Waals surface area contributed by atoms with Gasteiger partial charge in [-0.25, -0.2) is 19.2 Å². The number of aromatic nitrogens is 4. The molecule has 3 amide bonds. The van der Waals surface area contributed by atoms with E-state index in [9.17, 15) is 23.9 Å². The molecule has 0 aliphatic carbocycles. The summed E-state index contributed by atoms with van der Waals surface area (Å²) in [6, 6.07) is 23.6. The van der Waals surface area contributed by atoms with Crippen LogP contribution < -0.4 is 5.32 Å². The van der Waals surface area contributed by atoms with Gasteiger partial charge in [0.1, 0.15) is 23.9 Å². The first kappa shape index (κ1) is 35.2. The number of amides is 3. The lowest BCUT2D eigenvalue weighted by molar-refractivity contribution is -0.137. The Morgan fingerprint density at radius 3 is 1.81 bits per heavy atom. The van der Waals surface area contributed by atoms with Gasteiger partial charge >= 0.3 is 6.09 Å². The number of carbonyl (C=O) groups excluding carboxylic acids is 2. The van der Waals surface area contributed by atoms with Crippen molar-refractivity contribution in [3.05, 3.63) is 108 Å². The predicted molar refractivity (Wildman–Crippen MR) is 201 cm³/mol. The molecule has 0 spiro atoms. The molecule has 5 heterocycles. The molecular formula is C41H43FN8O4. The zero-order valence-corrected chi connectivity index (χ0v) is 30.0. The number of H-pyrrole nitrogens is 2. The van der Waals surface area contributed by atoms with Gasteiger partial charge in [-0.1, -0.05) is 78.9 Å². The fraction of sp³-hybridized carbons (Fsp3) is 0.341. The molecule has 8 rings (SSSR count). The van der Waals surface area contributed by atoms with Crippen LogP contribution >= 0.6 is 0 Å². The van der Waals surface area contributed by atoms with Gasteiger partial charge < -0.3 is 30.2 Å². The van der Waals surface area contributed by atoms with E-state index in [1.54, 1.807) is 41.6 Å². The molecule has 5 atom stereocenters. The maximum absolute atomic E-state index is 13.9. The summed E-state index contributed by atoms with van der Waals surface area (Å²) >= 11 is 0. The van der Waals surface area contributed by atoms with E-state index in [0.717, 1.165) is 70.0 Å². The minimum absolute atomic E-state index is 0.0497. The number of nitrogens with zero attached hydrogens (tertiary/aromatic N) is 5. The van der Waals surface area contributed by atoms with Crippen LogP contribution in [0.5, 0.6) is 0 Å². The fourth-order valence-corrected chi connectivity index (χ4v) is 8.13. The SMILES string of the molecule is CN(C(=O)O)[C@@H](C(=O)N1CCC[C@H]1c1ncc(-c2ccc(-c3ccc(-c4cnc([C@@H]5CCCN5C(=O)[C@H]5C[C@H](F)CN5)[nH]4)cc3)cc2)[nH]1)c1ccccc1. The van der Waals surface area contributed by atoms with Crippen molar-refractivity contribution in [2.75, 3.05) is 26.7 Å². The average Bonchev–Trinajstić information content (AvgIpc) is 4.05. The molecule has 3 fully saturated rings. The number of likely N-dealkylation sites (tertiary alicyclic amines) is 2. The van der Waals surface area contributed by atoms with Gasteiger partial charge in [0.15, 0.2) is 0 Å². The third-order valence-corrected chi connectivity index (χ3v) is 11.0. The Morgan fingerprint density at radius 2 is 1.30 bits per heavy atom. The third kappa shape index (κ3) is 6.86. The number of carboxylic acid groups (broad SMARTS) is 1. The van der Waals surface area contributed by atoms with E-state index in [-0.39, 0.29) is 36.9 Å². The first-order valence-corrected chi connectivity index (χ1v) is 18.6. The van der Waals surface area contributed by atoms with Crippen molar-refractivity contribution in [2.24, 2.45) is 0 Å². The van der Waals surface area contributed by atoms with Crippen molar-refractivity contribution in [3.8, 4) is 33.6 Å². The van der Waals surface area contributed by atoms with Crippen molar-refractivity contribution >= 4 is 17.9 Å². The van der Waals surface area contributed by atoms with Crippen molar-refractivity contribution in [1.29, 1.82) is 0 Å². The Bertz CT molecular complexity index is 2120. The molecule has 0 unspecified atom stereocenters. The molecule has 5 aromatic rings. The Hall–Kier alpha value is -5.82. The number of nitrogens with one attached hydrogen (secondary N) is 3. The average molecular weight is 731 g/mol. The summed E-state index contributed by atoms with van der Waals surface area (Å²) in [4.78, 5) is 59.9. The van der Waals surface area contributed by atoms with Crippen LogP contribution in [0.3, 0.4) is 0 Å². The molecule has 278 valence electrons. The van der Waals surface area contributed by atoms with Crippen LogP contribution in [0.15, 0.2) is 91.3 Å². The van der Waals surface area contributed by atoms with Crippen LogP contribution in [0.25, 0.3) is 33.6 Å². The van der Waals surface area contributed by atoms with Gasteiger partial charge in [-0.15, -0.1) is 0 Å². The Balaban J connectivity index is 0.931. The normalized spacial score (nSPS) is 21.7. The Kier molecular flexibility index (Phi) is 9.72. The van der Waals surface area contributed by atoms with Gasteiger partial charge in [0.2, 0.25) is 5.91 Å². The molecule has 3 saturated heterocycles. The molecular weight excluding hydrogens is 688 g/mol.